The Bertz CT molecular complexity index is 974. The number of thiazole rings is 1. The number of benzene rings is 1. The van der Waals surface area contributed by atoms with Crippen LogP contribution in [0.2, 0.25) is 0 Å². The van der Waals surface area contributed by atoms with Crippen molar-refractivity contribution in [2.45, 2.75) is 0 Å². The Hall–Kier alpha value is -2.51. The van der Waals surface area contributed by atoms with Crippen LogP contribution in [0.3, 0.4) is 0 Å². The SMILES string of the molecule is CN1C(=O)C(=Cc2cccc3cccnc23)SC1=Nc1nccs1. The van der Waals surface area contributed by atoms with Gasteiger partial charge in [-0.3, -0.25) is 14.7 Å². The van der Waals surface area contributed by atoms with Crippen LogP contribution in [0.5, 0.6) is 0 Å². The third kappa shape index (κ3) is 2.72. The number of pyridine rings is 1. The third-order valence-electron chi connectivity index (χ3n) is 3.56. The first-order chi connectivity index (χ1) is 11.7. The number of amides is 1. The van der Waals surface area contributed by atoms with Crippen molar-refractivity contribution in [3.05, 3.63) is 58.6 Å². The number of rotatable bonds is 2. The third-order valence-corrected chi connectivity index (χ3v) is 5.29. The highest BCUT2D eigenvalue weighted by atomic mass is 32.2. The maximum absolute atomic E-state index is 12.5. The zero-order valence-corrected chi connectivity index (χ0v) is 14.3. The largest absolute Gasteiger partial charge is 0.289 e. The number of amidine groups is 1. The number of hydrogen-bond acceptors (Lipinski definition) is 6. The highest BCUT2D eigenvalue weighted by Gasteiger charge is 2.30. The molecule has 3 aromatic rings. The summed E-state index contributed by atoms with van der Waals surface area (Å²) in [6, 6.07) is 9.85. The molecule has 1 saturated heterocycles. The maximum Gasteiger partial charge on any atom is 0.266 e. The number of aromatic nitrogens is 2. The monoisotopic (exact) mass is 352 g/mol. The number of thioether (sulfide) groups is 1. The molecule has 24 heavy (non-hydrogen) atoms. The van der Waals surface area contributed by atoms with Gasteiger partial charge in [0.15, 0.2) is 5.17 Å². The summed E-state index contributed by atoms with van der Waals surface area (Å²) < 4.78 is 0. The minimum Gasteiger partial charge on any atom is -0.289 e. The molecule has 0 spiro atoms. The van der Waals surface area contributed by atoms with Gasteiger partial charge >= 0.3 is 0 Å². The molecule has 0 saturated carbocycles. The Morgan fingerprint density at radius 3 is 2.88 bits per heavy atom. The van der Waals surface area contributed by atoms with E-state index < -0.39 is 0 Å². The van der Waals surface area contributed by atoms with Crippen LogP contribution in [0, 0.1) is 0 Å². The van der Waals surface area contributed by atoms with Gasteiger partial charge in [0.2, 0.25) is 5.13 Å². The van der Waals surface area contributed by atoms with Gasteiger partial charge < -0.3 is 0 Å². The van der Waals surface area contributed by atoms with Crippen molar-refractivity contribution in [2.75, 3.05) is 7.05 Å². The van der Waals surface area contributed by atoms with Crippen LogP contribution in [0.25, 0.3) is 17.0 Å². The number of aliphatic imine (C=N–C) groups is 1. The van der Waals surface area contributed by atoms with E-state index in [1.165, 1.54) is 23.1 Å². The molecule has 0 radical (unpaired) electrons. The zero-order valence-electron chi connectivity index (χ0n) is 12.7. The molecule has 1 aliphatic heterocycles. The Kier molecular flexibility index (Phi) is 3.87. The standard InChI is InChI=1S/C17H12N4OS2/c1-21-15(22)13(24-17(21)20-16-19-8-9-23-16)10-12-5-2-4-11-6-3-7-18-14(11)12/h2-10H,1H3. The summed E-state index contributed by atoms with van der Waals surface area (Å²) in [5.41, 5.74) is 1.81. The summed E-state index contributed by atoms with van der Waals surface area (Å²) in [4.78, 5) is 27.7. The molecule has 4 rings (SSSR count). The van der Waals surface area contributed by atoms with Crippen molar-refractivity contribution in [3.63, 3.8) is 0 Å². The van der Waals surface area contributed by atoms with Crippen molar-refractivity contribution in [1.29, 1.82) is 0 Å². The normalized spacial score (nSPS) is 18.2. The van der Waals surface area contributed by atoms with Gasteiger partial charge in [-0.25, -0.2) is 4.98 Å². The van der Waals surface area contributed by atoms with Crippen LogP contribution >= 0.6 is 23.1 Å². The van der Waals surface area contributed by atoms with E-state index >= 15 is 0 Å². The van der Waals surface area contributed by atoms with E-state index in [1.54, 1.807) is 24.3 Å². The van der Waals surface area contributed by atoms with Crippen molar-refractivity contribution < 1.29 is 4.79 Å². The van der Waals surface area contributed by atoms with E-state index in [4.69, 9.17) is 0 Å². The Morgan fingerprint density at radius 2 is 2.04 bits per heavy atom. The fourth-order valence-corrected chi connectivity index (χ4v) is 3.91. The molecule has 0 N–H and O–H groups in total. The Balaban J connectivity index is 1.74. The van der Waals surface area contributed by atoms with E-state index in [2.05, 4.69) is 15.0 Å². The second-order valence-corrected chi connectivity index (χ2v) is 6.99. The first-order valence-electron chi connectivity index (χ1n) is 7.22. The first kappa shape index (κ1) is 15.0. The molecule has 1 aliphatic rings. The van der Waals surface area contributed by atoms with E-state index in [0.29, 0.717) is 15.2 Å². The average molecular weight is 352 g/mol. The van der Waals surface area contributed by atoms with Gasteiger partial charge in [0.05, 0.1) is 10.4 Å². The summed E-state index contributed by atoms with van der Waals surface area (Å²) in [5.74, 6) is -0.0664. The molecule has 118 valence electrons. The average Bonchev–Trinajstić information content (AvgIpc) is 3.20. The molecule has 1 aromatic carbocycles. The molecule has 3 heterocycles. The molecule has 5 nitrogen and oxygen atoms in total. The van der Waals surface area contributed by atoms with E-state index in [9.17, 15) is 4.79 Å². The molecule has 0 bridgehead atoms. The molecule has 7 heteroatoms. The summed E-state index contributed by atoms with van der Waals surface area (Å²) in [6.07, 6.45) is 5.34. The number of carbonyl (C=O) groups is 1. The number of likely N-dealkylation sites (N-methyl/N-ethyl adjacent to an activating group) is 1. The predicted octanol–water partition coefficient (Wildman–Crippen LogP) is 3.93. The van der Waals surface area contributed by atoms with Gasteiger partial charge in [0, 0.05) is 35.8 Å². The molecule has 1 amide bonds. The number of carbonyl (C=O) groups excluding carboxylic acids is 1. The number of para-hydroxylation sites is 1. The van der Waals surface area contributed by atoms with Crippen molar-refractivity contribution in [3.8, 4) is 0 Å². The van der Waals surface area contributed by atoms with Crippen LogP contribution in [-0.4, -0.2) is 33.0 Å². The quantitative estimate of drug-likeness (QED) is 0.656. The highest BCUT2D eigenvalue weighted by molar-refractivity contribution is 8.18. The second-order valence-electron chi connectivity index (χ2n) is 5.11. The smallest absolute Gasteiger partial charge is 0.266 e. The predicted molar refractivity (Wildman–Crippen MR) is 99.3 cm³/mol. The Labute approximate surface area is 146 Å². The van der Waals surface area contributed by atoms with Gasteiger partial charge in [0.1, 0.15) is 0 Å². The number of fused-ring (bicyclic) bond motifs is 1. The summed E-state index contributed by atoms with van der Waals surface area (Å²) in [6.45, 7) is 0. The van der Waals surface area contributed by atoms with Crippen LogP contribution in [0.4, 0.5) is 5.13 Å². The van der Waals surface area contributed by atoms with E-state index in [1.807, 2.05) is 41.8 Å². The molecular weight excluding hydrogens is 340 g/mol. The minimum atomic E-state index is -0.0664. The van der Waals surface area contributed by atoms with Gasteiger partial charge in [-0.2, -0.15) is 4.99 Å². The molecule has 0 unspecified atom stereocenters. The molecule has 2 aromatic heterocycles. The van der Waals surface area contributed by atoms with Crippen molar-refractivity contribution in [2.24, 2.45) is 4.99 Å². The first-order valence-corrected chi connectivity index (χ1v) is 8.91. The lowest BCUT2D eigenvalue weighted by atomic mass is 10.1. The highest BCUT2D eigenvalue weighted by Crippen LogP contribution is 2.34. The summed E-state index contributed by atoms with van der Waals surface area (Å²) in [7, 11) is 1.73. The van der Waals surface area contributed by atoms with E-state index in [0.717, 1.165) is 16.5 Å². The van der Waals surface area contributed by atoms with Crippen LogP contribution in [0.1, 0.15) is 5.56 Å². The van der Waals surface area contributed by atoms with E-state index in [-0.39, 0.29) is 5.91 Å². The molecule has 0 aliphatic carbocycles. The lowest BCUT2D eigenvalue weighted by Crippen LogP contribution is -2.23. The number of nitrogens with zero attached hydrogens (tertiary/aromatic N) is 4. The lowest BCUT2D eigenvalue weighted by Gasteiger charge is -2.05. The van der Waals surface area contributed by atoms with Gasteiger partial charge in [-0.05, 0) is 23.9 Å². The topological polar surface area (TPSA) is 58.5 Å². The summed E-state index contributed by atoms with van der Waals surface area (Å²) >= 11 is 2.80. The lowest BCUT2D eigenvalue weighted by molar-refractivity contribution is -0.121. The van der Waals surface area contributed by atoms with Crippen molar-refractivity contribution >= 4 is 56.3 Å². The van der Waals surface area contributed by atoms with Crippen LogP contribution in [0.15, 0.2) is 58.0 Å². The van der Waals surface area contributed by atoms with Crippen LogP contribution in [-0.2, 0) is 4.79 Å². The number of hydrogen-bond donors (Lipinski definition) is 0. The van der Waals surface area contributed by atoms with Crippen LogP contribution < -0.4 is 0 Å². The molecular formula is C17H12N4OS2. The second kappa shape index (κ2) is 6.18. The van der Waals surface area contributed by atoms with Gasteiger partial charge in [-0.15, -0.1) is 11.3 Å². The fourth-order valence-electron chi connectivity index (χ4n) is 2.39. The van der Waals surface area contributed by atoms with Gasteiger partial charge in [0.25, 0.3) is 5.91 Å². The van der Waals surface area contributed by atoms with Gasteiger partial charge in [-0.1, -0.05) is 24.3 Å². The molecule has 1 fully saturated rings. The minimum absolute atomic E-state index is 0.0664. The Morgan fingerprint density at radius 1 is 1.17 bits per heavy atom. The zero-order chi connectivity index (χ0) is 16.5. The maximum atomic E-state index is 12.5. The van der Waals surface area contributed by atoms with Crippen molar-refractivity contribution in [1.82, 2.24) is 14.9 Å². The molecule has 0 atom stereocenters. The summed E-state index contributed by atoms with van der Waals surface area (Å²) in [5, 5.41) is 4.19. The fraction of sp³-hybridized carbons (Fsp3) is 0.0588.